The van der Waals surface area contributed by atoms with Crippen molar-refractivity contribution in [3.05, 3.63) is 76.3 Å². The van der Waals surface area contributed by atoms with E-state index in [1.165, 1.54) is 22.8 Å². The van der Waals surface area contributed by atoms with E-state index in [1.807, 2.05) is 0 Å². The summed E-state index contributed by atoms with van der Waals surface area (Å²) < 4.78 is 14.8. The molecule has 0 radical (unpaired) electrons. The maximum absolute atomic E-state index is 13.3. The largest absolute Gasteiger partial charge is 0.325 e. The van der Waals surface area contributed by atoms with E-state index in [4.69, 9.17) is 11.6 Å². The number of carbonyl (C=O) groups excluding carboxylic acids is 1. The quantitative estimate of drug-likeness (QED) is 0.364. The van der Waals surface area contributed by atoms with Gasteiger partial charge >= 0.3 is 0 Å². The summed E-state index contributed by atoms with van der Waals surface area (Å²) in [6, 6.07) is 11.0. The smallest absolute Gasteiger partial charge is 0.262 e. The Hall–Kier alpha value is -2.64. The van der Waals surface area contributed by atoms with E-state index >= 15 is 0 Å². The number of fused-ring (bicyclic) bond motifs is 1. The molecule has 28 heavy (non-hydrogen) atoms. The molecule has 1 N–H and O–H groups in total. The molecular weight excluding hydrogens is 401 g/mol. The van der Waals surface area contributed by atoms with E-state index in [2.05, 4.69) is 16.9 Å². The van der Waals surface area contributed by atoms with Crippen molar-refractivity contribution < 1.29 is 9.18 Å². The number of halogens is 2. The van der Waals surface area contributed by atoms with Crippen LogP contribution in [0.5, 0.6) is 0 Å². The summed E-state index contributed by atoms with van der Waals surface area (Å²) in [5.41, 5.74) is 0.762. The Morgan fingerprint density at radius 1 is 1.39 bits per heavy atom. The van der Waals surface area contributed by atoms with Crippen molar-refractivity contribution in [2.24, 2.45) is 0 Å². The third-order valence-corrected chi connectivity index (χ3v) is 5.36. The molecule has 1 atom stereocenters. The maximum atomic E-state index is 13.3. The number of nitrogens with one attached hydrogen (secondary N) is 1. The minimum absolute atomic E-state index is 0.0749. The van der Waals surface area contributed by atoms with Gasteiger partial charge < -0.3 is 5.32 Å². The maximum Gasteiger partial charge on any atom is 0.262 e. The lowest BCUT2D eigenvalue weighted by atomic mass is 10.2. The number of benzene rings is 2. The minimum atomic E-state index is -0.562. The zero-order valence-electron chi connectivity index (χ0n) is 15.0. The van der Waals surface area contributed by atoms with Crippen LogP contribution in [0.3, 0.4) is 0 Å². The fraction of sp³-hybridized carbons (Fsp3) is 0.150. The summed E-state index contributed by atoms with van der Waals surface area (Å²) in [4.78, 5) is 29.8. The Morgan fingerprint density at radius 3 is 2.86 bits per heavy atom. The van der Waals surface area contributed by atoms with Crippen molar-refractivity contribution in [1.29, 1.82) is 0 Å². The van der Waals surface area contributed by atoms with Gasteiger partial charge in [0, 0.05) is 12.2 Å². The average Bonchev–Trinajstić information content (AvgIpc) is 2.67. The summed E-state index contributed by atoms with van der Waals surface area (Å²) in [5, 5.41) is 2.98. The van der Waals surface area contributed by atoms with Gasteiger partial charge in [0.05, 0.1) is 21.2 Å². The molecule has 2 aromatic carbocycles. The molecule has 0 saturated heterocycles. The average molecular weight is 418 g/mol. The molecule has 0 fully saturated rings. The molecule has 1 heterocycles. The van der Waals surface area contributed by atoms with E-state index in [9.17, 15) is 14.0 Å². The lowest BCUT2D eigenvalue weighted by Crippen LogP contribution is -2.26. The predicted molar refractivity (Wildman–Crippen MR) is 112 cm³/mol. The zero-order valence-corrected chi connectivity index (χ0v) is 16.6. The van der Waals surface area contributed by atoms with Crippen LogP contribution in [0.2, 0.25) is 5.02 Å². The second-order valence-electron chi connectivity index (χ2n) is 5.99. The number of allylic oxidation sites excluding steroid dienone is 1. The van der Waals surface area contributed by atoms with E-state index in [0.717, 1.165) is 11.8 Å². The number of anilines is 1. The second kappa shape index (κ2) is 8.58. The van der Waals surface area contributed by atoms with Gasteiger partial charge in [-0.1, -0.05) is 41.6 Å². The molecule has 3 aromatic rings. The van der Waals surface area contributed by atoms with Crippen LogP contribution in [0.15, 0.2) is 65.1 Å². The van der Waals surface area contributed by atoms with Gasteiger partial charge in [-0.05, 0) is 37.3 Å². The third-order valence-electron chi connectivity index (χ3n) is 3.98. The molecule has 1 unspecified atom stereocenters. The van der Waals surface area contributed by atoms with Gasteiger partial charge in [-0.15, -0.1) is 6.58 Å². The number of amides is 1. The molecule has 3 rings (SSSR count). The number of para-hydroxylation sites is 1. The molecule has 0 bridgehead atoms. The monoisotopic (exact) mass is 417 g/mol. The van der Waals surface area contributed by atoms with Gasteiger partial charge in [0.2, 0.25) is 5.91 Å². The first-order valence-electron chi connectivity index (χ1n) is 8.43. The summed E-state index contributed by atoms with van der Waals surface area (Å²) in [7, 11) is 0. The molecule has 0 aliphatic carbocycles. The van der Waals surface area contributed by atoms with E-state index in [1.54, 1.807) is 37.3 Å². The van der Waals surface area contributed by atoms with Gasteiger partial charge in [-0.3, -0.25) is 14.2 Å². The number of carbonyl (C=O) groups is 1. The number of hydrogen-bond donors (Lipinski definition) is 1. The van der Waals surface area contributed by atoms with Crippen LogP contribution < -0.4 is 10.9 Å². The molecule has 5 nitrogen and oxygen atoms in total. The van der Waals surface area contributed by atoms with Gasteiger partial charge in [0.15, 0.2) is 5.16 Å². The van der Waals surface area contributed by atoms with Crippen molar-refractivity contribution in [3.8, 4) is 0 Å². The first kappa shape index (κ1) is 20.1. The highest BCUT2D eigenvalue weighted by Gasteiger charge is 2.19. The van der Waals surface area contributed by atoms with Gasteiger partial charge in [0.25, 0.3) is 5.56 Å². The highest BCUT2D eigenvalue weighted by Crippen LogP contribution is 2.25. The summed E-state index contributed by atoms with van der Waals surface area (Å²) in [6.45, 7) is 5.66. The van der Waals surface area contributed by atoms with Crippen molar-refractivity contribution in [3.63, 3.8) is 0 Å². The Bertz CT molecular complexity index is 1120. The molecule has 0 aliphatic heterocycles. The zero-order chi connectivity index (χ0) is 20.3. The molecule has 1 aromatic heterocycles. The number of hydrogen-bond acceptors (Lipinski definition) is 4. The highest BCUT2D eigenvalue weighted by atomic mass is 35.5. The molecule has 1 amide bonds. The number of nitrogens with zero attached hydrogens (tertiary/aromatic N) is 2. The van der Waals surface area contributed by atoms with E-state index < -0.39 is 11.1 Å². The predicted octanol–water partition coefficient (Wildman–Crippen LogP) is 4.49. The van der Waals surface area contributed by atoms with Crippen LogP contribution in [0, 0.1) is 5.82 Å². The minimum Gasteiger partial charge on any atom is -0.325 e. The Kier molecular flexibility index (Phi) is 6.16. The normalized spacial score (nSPS) is 12.0. The summed E-state index contributed by atoms with van der Waals surface area (Å²) in [6.07, 6.45) is 1.60. The van der Waals surface area contributed by atoms with Gasteiger partial charge in [-0.2, -0.15) is 0 Å². The van der Waals surface area contributed by atoms with Gasteiger partial charge in [0.1, 0.15) is 5.82 Å². The van der Waals surface area contributed by atoms with Crippen molar-refractivity contribution in [2.75, 3.05) is 5.32 Å². The second-order valence-corrected chi connectivity index (χ2v) is 7.71. The molecule has 144 valence electrons. The van der Waals surface area contributed by atoms with Crippen molar-refractivity contribution in [1.82, 2.24) is 9.55 Å². The Labute approximate surface area is 170 Å². The lowest BCUT2D eigenvalue weighted by Gasteiger charge is -2.15. The van der Waals surface area contributed by atoms with Gasteiger partial charge in [-0.25, -0.2) is 9.37 Å². The number of aromatic nitrogens is 2. The Balaban J connectivity index is 1.87. The van der Waals surface area contributed by atoms with Crippen LogP contribution >= 0.6 is 23.4 Å². The third kappa shape index (κ3) is 4.26. The van der Waals surface area contributed by atoms with E-state index in [0.29, 0.717) is 21.7 Å². The number of thioether (sulfide) groups is 1. The molecule has 0 saturated carbocycles. The summed E-state index contributed by atoms with van der Waals surface area (Å²) in [5.74, 6) is -0.879. The standard InChI is InChI=1S/C20H17ClFN3O2S/c1-3-10-25-19(27)14-6-4-5-7-17(14)24-20(25)28-12(2)18(26)23-13-8-9-16(22)15(21)11-13/h3-9,11-12H,1,10H2,2H3,(H,23,26). The van der Waals surface area contributed by atoms with E-state index in [-0.39, 0.29) is 23.0 Å². The molecular formula is C20H17ClFN3O2S. The summed E-state index contributed by atoms with van der Waals surface area (Å²) >= 11 is 6.90. The molecule has 0 spiro atoms. The lowest BCUT2D eigenvalue weighted by molar-refractivity contribution is -0.115. The Morgan fingerprint density at radius 2 is 2.14 bits per heavy atom. The fourth-order valence-corrected chi connectivity index (χ4v) is 3.66. The highest BCUT2D eigenvalue weighted by molar-refractivity contribution is 8.00. The topological polar surface area (TPSA) is 64.0 Å². The van der Waals surface area contributed by atoms with Crippen LogP contribution in [0.4, 0.5) is 10.1 Å². The SMILES string of the molecule is C=CCn1c(SC(C)C(=O)Nc2ccc(F)c(Cl)c2)nc2ccccc2c1=O. The molecule has 0 aliphatic rings. The van der Waals surface area contributed by atoms with Crippen LogP contribution in [0.25, 0.3) is 10.9 Å². The van der Waals surface area contributed by atoms with Crippen molar-refractivity contribution >= 4 is 45.9 Å². The van der Waals surface area contributed by atoms with Crippen LogP contribution in [-0.2, 0) is 11.3 Å². The van der Waals surface area contributed by atoms with Crippen molar-refractivity contribution in [2.45, 2.75) is 23.9 Å². The molecule has 8 heteroatoms. The fourth-order valence-electron chi connectivity index (χ4n) is 2.56. The van der Waals surface area contributed by atoms with Crippen LogP contribution in [-0.4, -0.2) is 20.7 Å². The first-order valence-corrected chi connectivity index (χ1v) is 9.69. The first-order chi connectivity index (χ1) is 13.4. The van der Waals surface area contributed by atoms with Crippen LogP contribution in [0.1, 0.15) is 6.92 Å². The number of rotatable bonds is 6.